The van der Waals surface area contributed by atoms with Crippen LogP contribution in [-0.4, -0.2) is 41.8 Å². The van der Waals surface area contributed by atoms with Crippen LogP contribution in [0.2, 0.25) is 0 Å². The highest BCUT2D eigenvalue weighted by Crippen LogP contribution is 2.24. The average molecular weight is 464 g/mol. The van der Waals surface area contributed by atoms with E-state index in [9.17, 15) is 4.79 Å². The summed E-state index contributed by atoms with van der Waals surface area (Å²) >= 11 is 1.37. The second-order valence-corrected chi connectivity index (χ2v) is 9.39. The number of thiazole rings is 1. The molecule has 0 saturated carbocycles. The highest BCUT2D eigenvalue weighted by Gasteiger charge is 2.14. The number of anilines is 2. The van der Waals surface area contributed by atoms with E-state index < -0.39 is 0 Å². The summed E-state index contributed by atoms with van der Waals surface area (Å²) in [6, 6.07) is 12.1. The number of carbonyl (C=O) groups is 1. The van der Waals surface area contributed by atoms with E-state index in [2.05, 4.69) is 21.8 Å². The van der Waals surface area contributed by atoms with Crippen LogP contribution in [0, 0.1) is 13.8 Å². The SMILES string of the molecule is CN/C(=C\N(C)C)CCCc1cccc(Nc2ncc(C(=O)Cc3c(C)cccc3C)s2)n1. The molecule has 2 heterocycles. The number of allylic oxidation sites excluding steroid dienone is 1. The van der Waals surface area contributed by atoms with Crippen molar-refractivity contribution in [1.82, 2.24) is 20.2 Å². The van der Waals surface area contributed by atoms with Crippen LogP contribution in [0.5, 0.6) is 0 Å². The minimum atomic E-state index is 0.0887. The van der Waals surface area contributed by atoms with Crippen LogP contribution in [-0.2, 0) is 12.8 Å². The number of ketones is 1. The largest absolute Gasteiger partial charge is 0.390 e. The summed E-state index contributed by atoms with van der Waals surface area (Å²) in [5.74, 6) is 0.832. The van der Waals surface area contributed by atoms with Gasteiger partial charge in [-0.3, -0.25) is 4.79 Å². The Morgan fingerprint density at radius 1 is 1.12 bits per heavy atom. The van der Waals surface area contributed by atoms with Gasteiger partial charge in [0.25, 0.3) is 0 Å². The fourth-order valence-electron chi connectivity index (χ4n) is 3.66. The zero-order valence-electron chi connectivity index (χ0n) is 20.1. The van der Waals surface area contributed by atoms with Gasteiger partial charge in [-0.1, -0.05) is 35.6 Å². The molecule has 0 spiro atoms. The molecule has 3 aromatic rings. The summed E-state index contributed by atoms with van der Waals surface area (Å²) in [6.45, 7) is 4.10. The molecule has 0 amide bonds. The fraction of sp³-hybridized carbons (Fsp3) is 0.346. The molecule has 6 nitrogen and oxygen atoms in total. The molecule has 0 aliphatic rings. The van der Waals surface area contributed by atoms with Gasteiger partial charge in [-0.05, 0) is 61.9 Å². The molecule has 0 aliphatic carbocycles. The van der Waals surface area contributed by atoms with E-state index in [1.165, 1.54) is 17.0 Å². The standard InChI is InChI=1S/C26H33N5OS/c1-18-9-6-10-19(2)22(18)15-23(32)24-16-28-26(33-24)30-25-14-8-12-20(29-25)11-7-13-21(27-3)17-31(4)5/h6,8-10,12,14,16-17,27H,7,11,13,15H2,1-5H3,(H,28,29,30)/b21-17-. The second kappa shape index (κ2) is 11.6. The van der Waals surface area contributed by atoms with Gasteiger partial charge >= 0.3 is 0 Å². The Labute approximate surface area is 200 Å². The smallest absolute Gasteiger partial charge is 0.188 e. The van der Waals surface area contributed by atoms with Gasteiger partial charge in [0.15, 0.2) is 10.9 Å². The van der Waals surface area contributed by atoms with E-state index in [1.54, 1.807) is 6.20 Å². The molecule has 2 aromatic heterocycles. The van der Waals surface area contributed by atoms with E-state index in [0.29, 0.717) is 16.4 Å². The molecule has 0 radical (unpaired) electrons. The highest BCUT2D eigenvalue weighted by atomic mass is 32.1. The Kier molecular flexibility index (Phi) is 8.60. The predicted molar refractivity (Wildman–Crippen MR) is 137 cm³/mol. The molecule has 0 unspecified atom stereocenters. The summed E-state index contributed by atoms with van der Waals surface area (Å²) in [5, 5.41) is 7.18. The van der Waals surface area contributed by atoms with Gasteiger partial charge in [-0.2, -0.15) is 0 Å². The molecule has 33 heavy (non-hydrogen) atoms. The molecule has 0 aliphatic heterocycles. The number of pyridine rings is 1. The van der Waals surface area contributed by atoms with E-state index in [1.807, 2.05) is 76.3 Å². The first kappa shape index (κ1) is 24.5. The third-order valence-corrected chi connectivity index (χ3v) is 6.37. The first-order chi connectivity index (χ1) is 15.9. The van der Waals surface area contributed by atoms with Gasteiger partial charge in [0.2, 0.25) is 0 Å². The number of hydrogen-bond acceptors (Lipinski definition) is 7. The topological polar surface area (TPSA) is 70.2 Å². The number of benzene rings is 1. The van der Waals surface area contributed by atoms with Gasteiger partial charge < -0.3 is 15.5 Å². The molecule has 0 fully saturated rings. The molecule has 2 N–H and O–H groups in total. The van der Waals surface area contributed by atoms with Crippen LogP contribution < -0.4 is 10.6 Å². The van der Waals surface area contributed by atoms with E-state index in [0.717, 1.165) is 47.5 Å². The number of carbonyl (C=O) groups excluding carboxylic acids is 1. The Morgan fingerprint density at radius 3 is 2.55 bits per heavy atom. The zero-order valence-corrected chi connectivity index (χ0v) is 20.9. The maximum atomic E-state index is 12.8. The van der Waals surface area contributed by atoms with Gasteiger partial charge in [-0.15, -0.1) is 0 Å². The van der Waals surface area contributed by atoms with E-state index in [4.69, 9.17) is 4.98 Å². The van der Waals surface area contributed by atoms with Crippen molar-refractivity contribution in [2.75, 3.05) is 26.5 Å². The van der Waals surface area contributed by atoms with Crippen molar-refractivity contribution in [1.29, 1.82) is 0 Å². The third-order valence-electron chi connectivity index (χ3n) is 5.42. The van der Waals surface area contributed by atoms with Crippen LogP contribution in [0.3, 0.4) is 0 Å². The number of hydrogen-bond donors (Lipinski definition) is 2. The van der Waals surface area contributed by atoms with Crippen molar-refractivity contribution in [3.05, 3.63) is 81.8 Å². The maximum Gasteiger partial charge on any atom is 0.188 e. The Hall–Kier alpha value is -3.19. The number of aryl methyl sites for hydroxylation is 3. The fourth-order valence-corrected chi connectivity index (χ4v) is 4.42. The van der Waals surface area contributed by atoms with Crippen LogP contribution in [0.15, 0.2) is 54.5 Å². The Balaban J connectivity index is 1.59. The molecule has 7 heteroatoms. The average Bonchev–Trinajstić information content (AvgIpc) is 3.24. The highest BCUT2D eigenvalue weighted by molar-refractivity contribution is 7.17. The van der Waals surface area contributed by atoms with Gasteiger partial charge in [0.1, 0.15) is 5.82 Å². The summed E-state index contributed by atoms with van der Waals surface area (Å²) in [5.41, 5.74) is 5.62. The van der Waals surface area contributed by atoms with E-state index >= 15 is 0 Å². The van der Waals surface area contributed by atoms with Crippen LogP contribution >= 0.6 is 11.3 Å². The normalized spacial score (nSPS) is 11.4. The molecule has 0 atom stereocenters. The lowest BCUT2D eigenvalue weighted by molar-refractivity contribution is 0.0996. The molecule has 0 saturated heterocycles. The summed E-state index contributed by atoms with van der Waals surface area (Å²) in [6.07, 6.45) is 7.01. The summed E-state index contributed by atoms with van der Waals surface area (Å²) in [7, 11) is 6.00. The van der Waals surface area contributed by atoms with Crippen molar-refractivity contribution < 1.29 is 4.79 Å². The van der Waals surface area contributed by atoms with Crippen molar-refractivity contribution >= 4 is 28.1 Å². The lowest BCUT2D eigenvalue weighted by atomic mass is 9.98. The Bertz CT molecular complexity index is 1100. The number of nitrogens with zero attached hydrogens (tertiary/aromatic N) is 3. The third kappa shape index (κ3) is 7.15. The molecule has 174 valence electrons. The summed E-state index contributed by atoms with van der Waals surface area (Å²) in [4.78, 5) is 24.6. The molecule has 1 aromatic carbocycles. The Morgan fingerprint density at radius 2 is 1.85 bits per heavy atom. The van der Waals surface area contributed by atoms with Crippen molar-refractivity contribution in [3.63, 3.8) is 0 Å². The van der Waals surface area contributed by atoms with Crippen LogP contribution in [0.25, 0.3) is 0 Å². The van der Waals surface area contributed by atoms with Crippen molar-refractivity contribution in [2.45, 2.75) is 39.5 Å². The zero-order chi connectivity index (χ0) is 23.8. The van der Waals surface area contributed by atoms with Crippen molar-refractivity contribution in [3.8, 4) is 0 Å². The quantitative estimate of drug-likeness (QED) is 0.378. The lowest BCUT2D eigenvalue weighted by Gasteiger charge is -2.11. The molecular formula is C26H33N5OS. The molecule has 3 rings (SSSR count). The lowest BCUT2D eigenvalue weighted by Crippen LogP contribution is -2.12. The van der Waals surface area contributed by atoms with Crippen molar-refractivity contribution in [2.24, 2.45) is 0 Å². The van der Waals surface area contributed by atoms with E-state index in [-0.39, 0.29) is 5.78 Å². The first-order valence-corrected chi connectivity index (χ1v) is 12.0. The first-order valence-electron chi connectivity index (χ1n) is 11.2. The predicted octanol–water partition coefficient (Wildman–Crippen LogP) is 5.27. The number of nitrogens with one attached hydrogen (secondary N) is 2. The monoisotopic (exact) mass is 463 g/mol. The van der Waals surface area contributed by atoms with Gasteiger partial charge in [-0.25, -0.2) is 9.97 Å². The second-order valence-electron chi connectivity index (χ2n) is 8.36. The van der Waals surface area contributed by atoms with Crippen LogP contribution in [0.4, 0.5) is 10.9 Å². The minimum absolute atomic E-state index is 0.0887. The minimum Gasteiger partial charge on any atom is -0.390 e. The number of Topliss-reactive ketones (excluding diaryl/α,β-unsaturated/α-hetero) is 1. The number of aromatic nitrogens is 2. The molecular weight excluding hydrogens is 430 g/mol. The summed E-state index contributed by atoms with van der Waals surface area (Å²) < 4.78 is 0. The van der Waals surface area contributed by atoms with Gasteiger partial charge in [0, 0.05) is 45.2 Å². The number of rotatable bonds is 11. The maximum absolute atomic E-state index is 12.8. The van der Waals surface area contributed by atoms with Gasteiger partial charge in [0.05, 0.1) is 11.1 Å². The van der Waals surface area contributed by atoms with Crippen LogP contribution in [0.1, 0.15) is 44.9 Å². The molecule has 0 bridgehead atoms.